The molecule has 0 bridgehead atoms. The van der Waals surface area contributed by atoms with Gasteiger partial charge in [-0.05, 0) is 0 Å². The number of hydrogen-bond acceptors (Lipinski definition) is 3. The number of ether oxygens (including phenoxy) is 1. The number of hydrogen-bond donors (Lipinski definition) is 0. The maximum atomic E-state index is 12.2. The Morgan fingerprint density at radius 1 is 0.750 bits per heavy atom. The molecule has 0 aliphatic rings. The van der Waals surface area contributed by atoms with E-state index in [0.29, 0.717) is 0 Å². The molecule has 36 heavy (non-hydrogen) atoms. The van der Waals surface area contributed by atoms with E-state index in [-0.39, 0.29) is 11.2 Å². The van der Waals surface area contributed by atoms with Crippen LogP contribution < -0.4 is 23.0 Å². The van der Waals surface area contributed by atoms with Crippen molar-refractivity contribution in [1.29, 1.82) is 0 Å². The molecule has 0 saturated carbocycles. The molecule has 0 N–H and O–H groups in total. The number of carbonyl (C=O) groups is 1. The molecule has 1 atom stereocenters. The van der Waals surface area contributed by atoms with Gasteiger partial charge >= 0.3 is 226 Å². The summed E-state index contributed by atoms with van der Waals surface area (Å²) in [7, 11) is 1.63. The second-order valence-corrected chi connectivity index (χ2v) is 26.4. The molecule has 0 fully saturated rings. The van der Waals surface area contributed by atoms with Crippen LogP contribution in [0.25, 0.3) is 0 Å². The molecule has 0 radical (unpaired) electrons. The molecule has 4 aromatic carbocycles. The van der Waals surface area contributed by atoms with Crippen LogP contribution in [0.3, 0.4) is 0 Å². The molecule has 0 aromatic heterocycles. The van der Waals surface area contributed by atoms with Gasteiger partial charge in [-0.15, -0.1) is 0 Å². The van der Waals surface area contributed by atoms with E-state index in [1.54, 1.807) is 7.11 Å². The molecular weight excluding hydrogens is 612 g/mol. The molecule has 3 nitrogen and oxygen atoms in total. The summed E-state index contributed by atoms with van der Waals surface area (Å²) >= 11 is -4.15. The van der Waals surface area contributed by atoms with Crippen molar-refractivity contribution in [3.05, 3.63) is 121 Å². The van der Waals surface area contributed by atoms with Gasteiger partial charge in [-0.1, -0.05) is 0 Å². The average molecular weight is 646 g/mol. The van der Waals surface area contributed by atoms with Crippen LogP contribution in [-0.4, -0.2) is 46.1 Å². The first-order valence-corrected chi connectivity index (χ1v) is 25.1. The van der Waals surface area contributed by atoms with Gasteiger partial charge in [0.05, 0.1) is 0 Å². The molecular formula is C31H34GeO3Sn. The van der Waals surface area contributed by atoms with Gasteiger partial charge in [-0.3, -0.25) is 0 Å². The van der Waals surface area contributed by atoms with E-state index in [1.807, 2.05) is 78.9 Å². The Balaban J connectivity index is 0.000000840. The quantitative estimate of drug-likeness (QED) is 0.273. The topological polar surface area (TPSA) is 49.4 Å². The molecule has 0 spiro atoms. The van der Waals surface area contributed by atoms with Crippen molar-refractivity contribution >= 4 is 52.2 Å². The summed E-state index contributed by atoms with van der Waals surface area (Å²) in [5.74, 6) is -0.327. The standard InChI is InChI=1S/C28H26GeO3.3CH3.Sn/c1-32-26-19-11-12-22(20-26)27(21-28(30)31)29(23-13-5-2-6-14-23,24-15-7-3-8-16-24)25-17-9-4-10-18-25;;;;/h2-20,27H,21H2,1H3,(H,30,31);3*1H3;/q;;;;+1/p-1. The minimum atomic E-state index is -3.61. The van der Waals surface area contributed by atoms with Gasteiger partial charge in [-0.2, -0.15) is 0 Å². The number of benzene rings is 4. The molecule has 0 amide bonds. The average Bonchev–Trinajstić information content (AvgIpc) is 2.90. The van der Waals surface area contributed by atoms with E-state index in [9.17, 15) is 9.90 Å². The van der Waals surface area contributed by atoms with Crippen LogP contribution in [0.1, 0.15) is 16.7 Å². The number of aliphatic carboxylic acids is 1. The first kappa shape index (κ1) is 28.1. The van der Waals surface area contributed by atoms with Crippen LogP contribution in [0, 0.1) is 0 Å². The van der Waals surface area contributed by atoms with E-state index >= 15 is 0 Å². The third-order valence-electron chi connectivity index (χ3n) is 6.08. The van der Waals surface area contributed by atoms with Crippen LogP contribution in [0.5, 0.6) is 5.75 Å². The Bertz CT molecular complexity index is 1110. The van der Waals surface area contributed by atoms with E-state index in [2.05, 4.69) is 51.2 Å². The van der Waals surface area contributed by atoms with Crippen molar-refractivity contribution in [3.8, 4) is 5.75 Å². The Hall–Kier alpha value is -2.51. The Morgan fingerprint density at radius 2 is 1.17 bits per heavy atom. The van der Waals surface area contributed by atoms with Crippen molar-refractivity contribution in [2.45, 2.75) is 26.0 Å². The third-order valence-corrected chi connectivity index (χ3v) is 17.2. The van der Waals surface area contributed by atoms with Crippen LogP contribution in [0.4, 0.5) is 0 Å². The molecule has 4 aromatic rings. The first-order chi connectivity index (χ1) is 17.4. The molecule has 0 heterocycles. The summed E-state index contributed by atoms with van der Waals surface area (Å²) in [6.07, 6.45) is -0.0636. The summed E-state index contributed by atoms with van der Waals surface area (Å²) < 4.78 is 8.87. The summed E-state index contributed by atoms with van der Waals surface area (Å²) in [5.41, 5.74) is 0.963. The number of methoxy groups -OCH3 is 1. The number of rotatable bonds is 8. The summed E-state index contributed by atoms with van der Waals surface area (Å²) in [4.78, 5) is 19.3. The predicted octanol–water partition coefficient (Wildman–Crippen LogP) is 4.00. The van der Waals surface area contributed by atoms with Crippen molar-refractivity contribution < 1.29 is 14.6 Å². The first-order valence-electron chi connectivity index (χ1n) is 12.2. The fraction of sp³-hybridized carbons (Fsp3) is 0.194. The summed E-state index contributed by atoms with van der Waals surface area (Å²) in [5, 5.41) is 12.2. The molecule has 184 valence electrons. The third kappa shape index (κ3) is 6.83. The van der Waals surface area contributed by atoms with E-state index < -0.39 is 39.0 Å². The predicted molar refractivity (Wildman–Crippen MR) is 153 cm³/mol. The van der Waals surface area contributed by atoms with Crippen molar-refractivity contribution in [1.82, 2.24) is 0 Å². The SMILES string of the molecule is COc1cccc([CH](CC(=O)[O-])[Ge]([c]2ccccc2)([c]2ccccc2)[c]2ccccc2)c1.[CH3][Sn+]([CH3])[CH3]. The molecule has 0 aliphatic carbocycles. The van der Waals surface area contributed by atoms with Crippen LogP contribution in [0.2, 0.25) is 14.8 Å². The maximum absolute atomic E-state index is 12.2. The zero-order chi connectivity index (χ0) is 26.0. The molecule has 4 rings (SSSR count). The second-order valence-electron chi connectivity index (χ2n) is 9.31. The fourth-order valence-corrected chi connectivity index (χ4v) is 16.3. The van der Waals surface area contributed by atoms with Gasteiger partial charge in [0.25, 0.3) is 0 Å². The van der Waals surface area contributed by atoms with E-state index in [4.69, 9.17) is 4.74 Å². The van der Waals surface area contributed by atoms with Gasteiger partial charge in [0.1, 0.15) is 0 Å². The van der Waals surface area contributed by atoms with E-state index in [0.717, 1.165) is 11.3 Å². The van der Waals surface area contributed by atoms with Crippen molar-refractivity contribution in [2.75, 3.05) is 7.11 Å². The van der Waals surface area contributed by atoms with Crippen molar-refractivity contribution in [2.24, 2.45) is 0 Å². The number of carbonyl (C=O) groups excluding carboxylic acids is 1. The summed E-state index contributed by atoms with van der Waals surface area (Å²) in [6, 6.07) is 39.0. The zero-order valence-electron chi connectivity index (χ0n) is 21.5. The van der Waals surface area contributed by atoms with Gasteiger partial charge < -0.3 is 0 Å². The monoisotopic (exact) mass is 648 g/mol. The van der Waals surface area contributed by atoms with Crippen LogP contribution in [-0.2, 0) is 4.79 Å². The molecule has 5 heteroatoms. The number of carboxylic acids is 1. The number of carboxylic acid groups (broad SMARTS) is 1. The molecule has 0 saturated heterocycles. The molecule has 0 aliphatic heterocycles. The second kappa shape index (κ2) is 13.7. The van der Waals surface area contributed by atoms with Crippen molar-refractivity contribution in [3.63, 3.8) is 0 Å². The van der Waals surface area contributed by atoms with Crippen LogP contribution >= 0.6 is 0 Å². The zero-order valence-corrected chi connectivity index (χ0v) is 26.4. The van der Waals surface area contributed by atoms with Crippen LogP contribution in [0.15, 0.2) is 115 Å². The van der Waals surface area contributed by atoms with Gasteiger partial charge in [0.15, 0.2) is 0 Å². The molecule has 1 unspecified atom stereocenters. The van der Waals surface area contributed by atoms with Gasteiger partial charge in [-0.25, -0.2) is 0 Å². The Morgan fingerprint density at radius 3 is 1.53 bits per heavy atom. The van der Waals surface area contributed by atoms with Gasteiger partial charge in [0, 0.05) is 0 Å². The summed E-state index contributed by atoms with van der Waals surface area (Å²) in [6.45, 7) is 0. The normalized spacial score (nSPS) is 11.6. The Labute approximate surface area is 225 Å². The fourth-order valence-electron chi connectivity index (χ4n) is 4.75. The van der Waals surface area contributed by atoms with Gasteiger partial charge in [0.2, 0.25) is 0 Å². The minimum absolute atomic E-state index is 0.0636. The Kier molecular flexibility index (Phi) is 10.7. The van der Waals surface area contributed by atoms with E-state index in [1.165, 1.54) is 13.2 Å².